The number of aliphatic carboxylic acids is 1. The molecule has 0 spiro atoms. The molecule has 122 valence electrons. The van der Waals surface area contributed by atoms with Crippen LogP contribution < -0.4 is 5.32 Å². The summed E-state index contributed by atoms with van der Waals surface area (Å²) in [6.45, 7) is 1.77. The molecule has 0 bridgehead atoms. The highest BCUT2D eigenvalue weighted by Gasteiger charge is 2.46. The van der Waals surface area contributed by atoms with E-state index in [1.54, 1.807) is 0 Å². The maximum atomic E-state index is 14.3. The Balaban J connectivity index is 1.97. The van der Waals surface area contributed by atoms with Crippen LogP contribution >= 0.6 is 0 Å². The highest BCUT2D eigenvalue weighted by atomic mass is 19.1. The average molecular weight is 320 g/mol. The Morgan fingerprint density at radius 1 is 1.35 bits per heavy atom. The summed E-state index contributed by atoms with van der Waals surface area (Å²) in [5.74, 6) is -2.65. The van der Waals surface area contributed by atoms with Crippen LogP contribution in [0.1, 0.15) is 42.1 Å². The largest absolute Gasteiger partial charge is 0.480 e. The Hall–Kier alpha value is -2.44. The first-order valence-electron chi connectivity index (χ1n) is 7.50. The Labute approximate surface area is 132 Å². The van der Waals surface area contributed by atoms with Crippen molar-refractivity contribution in [1.29, 1.82) is 0 Å². The van der Waals surface area contributed by atoms with Gasteiger partial charge < -0.3 is 15.3 Å². The number of fused-ring (bicyclic) bond motifs is 1. The van der Waals surface area contributed by atoms with E-state index in [0.717, 1.165) is 6.07 Å². The van der Waals surface area contributed by atoms with E-state index in [4.69, 9.17) is 0 Å². The monoisotopic (exact) mass is 320 g/mol. The number of aryl methyl sites for hydroxylation is 1. The van der Waals surface area contributed by atoms with Crippen molar-refractivity contribution in [2.45, 2.75) is 38.1 Å². The molecule has 1 aromatic carbocycles. The van der Waals surface area contributed by atoms with Crippen molar-refractivity contribution in [1.82, 2.24) is 4.90 Å². The minimum atomic E-state index is -1.31. The number of rotatable bonds is 2. The van der Waals surface area contributed by atoms with Gasteiger partial charge in [-0.2, -0.15) is 0 Å². The van der Waals surface area contributed by atoms with Crippen LogP contribution in [0.5, 0.6) is 0 Å². The third-order valence-corrected chi connectivity index (χ3v) is 4.67. The van der Waals surface area contributed by atoms with Gasteiger partial charge >= 0.3 is 5.97 Å². The second-order valence-corrected chi connectivity index (χ2v) is 6.18. The van der Waals surface area contributed by atoms with Gasteiger partial charge in [0.25, 0.3) is 5.91 Å². The van der Waals surface area contributed by atoms with Crippen LogP contribution in [0.2, 0.25) is 0 Å². The van der Waals surface area contributed by atoms with E-state index in [1.807, 2.05) is 0 Å². The minimum absolute atomic E-state index is 0.144. The zero-order valence-electron chi connectivity index (χ0n) is 12.7. The summed E-state index contributed by atoms with van der Waals surface area (Å²) in [5, 5.41) is 12.0. The van der Waals surface area contributed by atoms with E-state index in [2.05, 4.69) is 5.32 Å². The predicted octanol–water partition coefficient (Wildman–Crippen LogP) is 1.79. The van der Waals surface area contributed by atoms with Gasteiger partial charge in [0, 0.05) is 18.7 Å². The SMILES string of the molecule is CC1(C(=O)O)CCCN1C(=O)c1cc2c(cc1F)NC(=O)CC2. The van der Waals surface area contributed by atoms with Crippen LogP contribution in [0.25, 0.3) is 0 Å². The number of likely N-dealkylation sites (tertiary alicyclic amines) is 1. The molecular formula is C16H17FN2O4. The molecule has 2 N–H and O–H groups in total. The van der Waals surface area contributed by atoms with Gasteiger partial charge in [0.05, 0.1) is 5.56 Å². The summed E-state index contributed by atoms with van der Waals surface area (Å²) in [6.07, 6.45) is 1.62. The standard InChI is InChI=1S/C16H17FN2O4/c1-16(15(22)23)5-2-6-19(16)14(21)10-7-9-3-4-13(20)18-12(9)8-11(10)17/h7-8H,2-6H2,1H3,(H,18,20)(H,22,23). The number of nitrogens with zero attached hydrogens (tertiary/aromatic N) is 1. The number of hydrogen-bond acceptors (Lipinski definition) is 3. The lowest BCUT2D eigenvalue weighted by molar-refractivity contribution is -0.147. The Kier molecular flexibility index (Phi) is 3.58. The minimum Gasteiger partial charge on any atom is -0.480 e. The van der Waals surface area contributed by atoms with Crippen LogP contribution in [-0.2, 0) is 16.0 Å². The molecule has 2 aliphatic rings. The fourth-order valence-electron chi connectivity index (χ4n) is 3.22. The lowest BCUT2D eigenvalue weighted by atomic mass is 9.96. The van der Waals surface area contributed by atoms with Crippen LogP contribution in [0.15, 0.2) is 12.1 Å². The molecule has 1 fully saturated rings. The average Bonchev–Trinajstić information content (AvgIpc) is 2.89. The van der Waals surface area contributed by atoms with Gasteiger partial charge in [-0.05, 0) is 43.9 Å². The van der Waals surface area contributed by atoms with Crippen molar-refractivity contribution in [3.05, 3.63) is 29.1 Å². The topological polar surface area (TPSA) is 86.7 Å². The third-order valence-electron chi connectivity index (χ3n) is 4.67. The first-order chi connectivity index (χ1) is 10.8. The Morgan fingerprint density at radius 3 is 2.78 bits per heavy atom. The van der Waals surface area contributed by atoms with Crippen molar-refractivity contribution in [3.63, 3.8) is 0 Å². The zero-order valence-corrected chi connectivity index (χ0v) is 12.7. The second kappa shape index (κ2) is 5.33. The normalized spacial score (nSPS) is 23.4. The van der Waals surface area contributed by atoms with Crippen LogP contribution in [0, 0.1) is 5.82 Å². The Morgan fingerprint density at radius 2 is 2.09 bits per heavy atom. The number of carbonyl (C=O) groups excluding carboxylic acids is 2. The summed E-state index contributed by atoms with van der Waals surface area (Å²) in [5.41, 5.74) is -0.397. The van der Waals surface area contributed by atoms with Crippen molar-refractivity contribution >= 4 is 23.5 Å². The number of carboxylic acid groups (broad SMARTS) is 1. The Bertz CT molecular complexity index is 718. The number of carboxylic acids is 1. The van der Waals surface area contributed by atoms with Crippen molar-refractivity contribution in [2.75, 3.05) is 11.9 Å². The molecule has 2 aliphatic heterocycles. The first-order valence-corrected chi connectivity index (χ1v) is 7.50. The predicted molar refractivity (Wildman–Crippen MR) is 79.7 cm³/mol. The molecule has 0 aromatic heterocycles. The molecule has 1 saturated heterocycles. The molecular weight excluding hydrogens is 303 g/mol. The molecule has 0 aliphatic carbocycles. The number of halogens is 1. The summed E-state index contributed by atoms with van der Waals surface area (Å²) in [4.78, 5) is 36.7. The van der Waals surface area contributed by atoms with Gasteiger partial charge in [-0.3, -0.25) is 9.59 Å². The second-order valence-electron chi connectivity index (χ2n) is 6.18. The van der Waals surface area contributed by atoms with Crippen LogP contribution in [0.4, 0.5) is 10.1 Å². The van der Waals surface area contributed by atoms with Gasteiger partial charge in [0.2, 0.25) is 5.91 Å². The van der Waals surface area contributed by atoms with Crippen molar-refractivity contribution in [3.8, 4) is 0 Å². The molecule has 1 unspecified atom stereocenters. The van der Waals surface area contributed by atoms with E-state index < -0.39 is 23.2 Å². The fraction of sp³-hybridized carbons (Fsp3) is 0.438. The number of hydrogen-bond donors (Lipinski definition) is 2. The van der Waals surface area contributed by atoms with Crippen LogP contribution in [-0.4, -0.2) is 39.9 Å². The van der Waals surface area contributed by atoms with Gasteiger partial charge in [-0.25, -0.2) is 9.18 Å². The molecule has 2 amide bonds. The smallest absolute Gasteiger partial charge is 0.329 e. The van der Waals surface area contributed by atoms with E-state index in [-0.39, 0.29) is 24.4 Å². The molecule has 2 heterocycles. The number of anilines is 1. The number of nitrogens with one attached hydrogen (secondary N) is 1. The van der Waals surface area contributed by atoms with Gasteiger partial charge in [-0.15, -0.1) is 0 Å². The summed E-state index contributed by atoms with van der Waals surface area (Å²) in [7, 11) is 0. The maximum absolute atomic E-state index is 14.3. The lowest BCUT2D eigenvalue weighted by Gasteiger charge is -2.31. The molecule has 1 aromatic rings. The highest BCUT2D eigenvalue weighted by Crippen LogP contribution is 2.33. The maximum Gasteiger partial charge on any atom is 0.329 e. The van der Waals surface area contributed by atoms with Crippen LogP contribution in [0.3, 0.4) is 0 Å². The molecule has 23 heavy (non-hydrogen) atoms. The lowest BCUT2D eigenvalue weighted by Crippen LogP contribution is -2.51. The number of carbonyl (C=O) groups is 3. The third kappa shape index (κ3) is 2.46. The number of amides is 2. The zero-order chi connectivity index (χ0) is 16.8. The van der Waals surface area contributed by atoms with Gasteiger partial charge in [0.1, 0.15) is 11.4 Å². The summed E-state index contributed by atoms with van der Waals surface area (Å²) in [6, 6.07) is 2.56. The quantitative estimate of drug-likeness (QED) is 0.870. The van der Waals surface area contributed by atoms with Gasteiger partial charge in [0.15, 0.2) is 0 Å². The van der Waals surface area contributed by atoms with E-state index in [9.17, 15) is 23.9 Å². The molecule has 3 rings (SSSR count). The molecule has 1 atom stereocenters. The van der Waals surface area contributed by atoms with Gasteiger partial charge in [-0.1, -0.05) is 0 Å². The van der Waals surface area contributed by atoms with Crippen molar-refractivity contribution < 1.29 is 23.9 Å². The number of benzene rings is 1. The van der Waals surface area contributed by atoms with E-state index in [1.165, 1.54) is 17.9 Å². The molecule has 7 heteroatoms. The van der Waals surface area contributed by atoms with E-state index >= 15 is 0 Å². The van der Waals surface area contributed by atoms with E-state index in [0.29, 0.717) is 30.5 Å². The molecule has 0 radical (unpaired) electrons. The summed E-state index contributed by atoms with van der Waals surface area (Å²) < 4.78 is 14.3. The molecule has 6 nitrogen and oxygen atoms in total. The fourth-order valence-corrected chi connectivity index (χ4v) is 3.22. The first kappa shape index (κ1) is 15.5. The molecule has 0 saturated carbocycles. The summed E-state index contributed by atoms with van der Waals surface area (Å²) >= 11 is 0. The van der Waals surface area contributed by atoms with Crippen molar-refractivity contribution in [2.24, 2.45) is 0 Å². The highest BCUT2D eigenvalue weighted by molar-refractivity contribution is 6.00.